The number of para-hydroxylation sites is 1. The van der Waals surface area contributed by atoms with Crippen molar-refractivity contribution >= 4 is 22.6 Å². The lowest BCUT2D eigenvalue weighted by molar-refractivity contribution is -0.0273. The standard InChI is InChI=1S/C16H22ClN3O/c1-11-5-4-6-14-15(11)20(16(18-14)12(2)17)10-13-9-19(3)7-8-21-13/h4-6,12-13H,7-10H2,1-3H3. The normalized spacial score (nSPS) is 21.8. The first-order valence-corrected chi connectivity index (χ1v) is 7.90. The SMILES string of the molecule is Cc1cccc2nc(C(C)Cl)n(CC3CN(C)CCO3)c12. The highest BCUT2D eigenvalue weighted by Crippen LogP contribution is 2.27. The van der Waals surface area contributed by atoms with Crippen LogP contribution >= 0.6 is 11.6 Å². The van der Waals surface area contributed by atoms with E-state index in [9.17, 15) is 0 Å². The van der Waals surface area contributed by atoms with E-state index in [1.807, 2.05) is 13.0 Å². The fraction of sp³-hybridized carbons (Fsp3) is 0.562. The minimum Gasteiger partial charge on any atom is -0.374 e. The van der Waals surface area contributed by atoms with E-state index in [2.05, 4.69) is 35.6 Å². The first kappa shape index (κ1) is 14.8. The highest BCUT2D eigenvalue weighted by Gasteiger charge is 2.23. The number of hydrogen-bond acceptors (Lipinski definition) is 3. The molecule has 0 bridgehead atoms. The number of rotatable bonds is 3. The van der Waals surface area contributed by atoms with Gasteiger partial charge in [0.25, 0.3) is 0 Å². The molecule has 1 aliphatic rings. The van der Waals surface area contributed by atoms with E-state index in [0.29, 0.717) is 0 Å². The topological polar surface area (TPSA) is 30.3 Å². The van der Waals surface area contributed by atoms with Crippen LogP contribution in [0.3, 0.4) is 0 Å². The molecule has 21 heavy (non-hydrogen) atoms. The number of aromatic nitrogens is 2. The highest BCUT2D eigenvalue weighted by atomic mass is 35.5. The molecule has 114 valence electrons. The third-order valence-electron chi connectivity index (χ3n) is 4.08. The number of hydrogen-bond donors (Lipinski definition) is 0. The van der Waals surface area contributed by atoms with Crippen molar-refractivity contribution in [2.75, 3.05) is 26.7 Å². The fourth-order valence-electron chi connectivity index (χ4n) is 3.05. The summed E-state index contributed by atoms with van der Waals surface area (Å²) in [6, 6.07) is 6.22. The number of likely N-dealkylation sites (N-methyl/N-ethyl adjacent to an activating group) is 1. The maximum absolute atomic E-state index is 6.34. The van der Waals surface area contributed by atoms with Crippen LogP contribution in [-0.2, 0) is 11.3 Å². The number of alkyl halides is 1. The molecule has 2 aromatic rings. The molecular weight excluding hydrogens is 286 g/mol. The molecule has 0 spiro atoms. The van der Waals surface area contributed by atoms with Crippen LogP contribution < -0.4 is 0 Å². The van der Waals surface area contributed by atoms with Gasteiger partial charge in [0.05, 0.1) is 35.7 Å². The van der Waals surface area contributed by atoms with Gasteiger partial charge in [-0.3, -0.25) is 0 Å². The predicted octanol–water partition coefficient (Wildman–Crippen LogP) is 2.98. The molecule has 1 aliphatic heterocycles. The van der Waals surface area contributed by atoms with Crippen LogP contribution in [0.25, 0.3) is 11.0 Å². The molecule has 4 nitrogen and oxygen atoms in total. The Morgan fingerprint density at radius 1 is 1.48 bits per heavy atom. The number of morpholine rings is 1. The summed E-state index contributed by atoms with van der Waals surface area (Å²) in [7, 11) is 2.14. The Kier molecular flexibility index (Phi) is 4.20. The second-order valence-electron chi connectivity index (χ2n) is 5.89. The molecule has 0 N–H and O–H groups in total. The van der Waals surface area contributed by atoms with E-state index < -0.39 is 0 Å². The average Bonchev–Trinajstić information content (AvgIpc) is 2.79. The van der Waals surface area contributed by atoms with Crippen molar-refractivity contribution in [3.05, 3.63) is 29.6 Å². The largest absolute Gasteiger partial charge is 0.374 e. The molecule has 5 heteroatoms. The van der Waals surface area contributed by atoms with E-state index in [1.165, 1.54) is 11.1 Å². The van der Waals surface area contributed by atoms with Crippen LogP contribution in [0.15, 0.2) is 18.2 Å². The molecular formula is C16H22ClN3O. The van der Waals surface area contributed by atoms with Crippen LogP contribution in [0.1, 0.15) is 23.7 Å². The zero-order valence-electron chi connectivity index (χ0n) is 12.8. The van der Waals surface area contributed by atoms with Crippen LogP contribution in [0.2, 0.25) is 0 Å². The molecule has 2 atom stereocenters. The lowest BCUT2D eigenvalue weighted by Crippen LogP contribution is -2.42. The maximum atomic E-state index is 6.34. The van der Waals surface area contributed by atoms with Crippen molar-refractivity contribution in [2.45, 2.75) is 31.9 Å². The Morgan fingerprint density at radius 3 is 3.00 bits per heavy atom. The van der Waals surface area contributed by atoms with Gasteiger partial charge in [-0.1, -0.05) is 12.1 Å². The third kappa shape index (κ3) is 2.93. The summed E-state index contributed by atoms with van der Waals surface area (Å²) in [5, 5.41) is -0.113. The lowest BCUT2D eigenvalue weighted by Gasteiger charge is -2.31. The highest BCUT2D eigenvalue weighted by molar-refractivity contribution is 6.20. The number of ether oxygens (including phenoxy) is 1. The van der Waals surface area contributed by atoms with Crippen molar-refractivity contribution in [3.63, 3.8) is 0 Å². The molecule has 1 fully saturated rings. The summed E-state index contributed by atoms with van der Waals surface area (Å²) in [6.07, 6.45) is 0.190. The number of halogens is 1. The molecule has 1 aromatic heterocycles. The van der Waals surface area contributed by atoms with E-state index >= 15 is 0 Å². The van der Waals surface area contributed by atoms with Gasteiger partial charge in [0, 0.05) is 13.1 Å². The molecule has 0 aliphatic carbocycles. The van der Waals surface area contributed by atoms with Gasteiger partial charge in [-0.25, -0.2) is 4.98 Å². The molecule has 1 saturated heterocycles. The molecule has 0 radical (unpaired) electrons. The second kappa shape index (κ2) is 5.95. The summed E-state index contributed by atoms with van der Waals surface area (Å²) in [4.78, 5) is 7.03. The first-order valence-electron chi connectivity index (χ1n) is 7.46. The number of fused-ring (bicyclic) bond motifs is 1. The van der Waals surface area contributed by atoms with Gasteiger partial charge in [0.1, 0.15) is 5.82 Å². The number of nitrogens with zero attached hydrogens (tertiary/aromatic N) is 3. The van der Waals surface area contributed by atoms with Gasteiger partial charge in [-0.05, 0) is 32.5 Å². The van der Waals surface area contributed by atoms with E-state index in [0.717, 1.165) is 37.6 Å². The predicted molar refractivity (Wildman–Crippen MR) is 86.0 cm³/mol. The smallest absolute Gasteiger partial charge is 0.127 e. The van der Waals surface area contributed by atoms with Crippen molar-refractivity contribution in [3.8, 4) is 0 Å². The Morgan fingerprint density at radius 2 is 2.29 bits per heavy atom. The molecule has 0 saturated carbocycles. The molecule has 3 rings (SSSR count). The Hall–Kier alpha value is -1.10. The van der Waals surface area contributed by atoms with Gasteiger partial charge in [0.15, 0.2) is 0 Å². The molecule has 1 aromatic carbocycles. The van der Waals surface area contributed by atoms with Crippen molar-refractivity contribution in [1.29, 1.82) is 0 Å². The fourth-order valence-corrected chi connectivity index (χ4v) is 3.22. The zero-order valence-corrected chi connectivity index (χ0v) is 13.6. The number of benzene rings is 1. The maximum Gasteiger partial charge on any atom is 0.127 e. The van der Waals surface area contributed by atoms with Gasteiger partial charge in [-0.2, -0.15) is 0 Å². The average molecular weight is 308 g/mol. The van der Waals surface area contributed by atoms with E-state index in [-0.39, 0.29) is 11.5 Å². The minimum absolute atomic E-state index is 0.113. The number of imidazole rings is 1. The molecule has 2 heterocycles. The summed E-state index contributed by atoms with van der Waals surface area (Å²) in [5.74, 6) is 0.929. The van der Waals surface area contributed by atoms with Crippen molar-refractivity contribution < 1.29 is 4.74 Å². The second-order valence-corrected chi connectivity index (χ2v) is 6.55. The van der Waals surface area contributed by atoms with Gasteiger partial charge < -0.3 is 14.2 Å². The van der Waals surface area contributed by atoms with E-state index in [4.69, 9.17) is 21.3 Å². The summed E-state index contributed by atoms with van der Waals surface area (Å²) < 4.78 is 8.15. The zero-order chi connectivity index (χ0) is 15.0. The summed E-state index contributed by atoms with van der Waals surface area (Å²) >= 11 is 6.34. The van der Waals surface area contributed by atoms with Gasteiger partial charge in [0.2, 0.25) is 0 Å². The first-order chi connectivity index (χ1) is 10.1. The Balaban J connectivity index is 2.00. The Labute approximate surface area is 130 Å². The third-order valence-corrected chi connectivity index (χ3v) is 4.28. The minimum atomic E-state index is -0.113. The van der Waals surface area contributed by atoms with Crippen molar-refractivity contribution in [2.24, 2.45) is 0 Å². The lowest BCUT2D eigenvalue weighted by atomic mass is 10.2. The van der Waals surface area contributed by atoms with Crippen LogP contribution in [0.4, 0.5) is 0 Å². The molecule has 0 amide bonds. The van der Waals surface area contributed by atoms with Gasteiger partial charge >= 0.3 is 0 Å². The van der Waals surface area contributed by atoms with Crippen LogP contribution in [0, 0.1) is 6.92 Å². The monoisotopic (exact) mass is 307 g/mol. The summed E-state index contributed by atoms with van der Waals surface area (Å²) in [5.41, 5.74) is 3.42. The van der Waals surface area contributed by atoms with Gasteiger partial charge in [-0.15, -0.1) is 11.6 Å². The van der Waals surface area contributed by atoms with Crippen LogP contribution in [-0.4, -0.2) is 47.3 Å². The Bertz CT molecular complexity index is 638. The quantitative estimate of drug-likeness (QED) is 0.817. The van der Waals surface area contributed by atoms with Crippen LogP contribution in [0.5, 0.6) is 0 Å². The summed E-state index contributed by atoms with van der Waals surface area (Å²) in [6.45, 7) is 7.64. The molecule has 2 unspecified atom stereocenters. The van der Waals surface area contributed by atoms with Crippen molar-refractivity contribution in [1.82, 2.24) is 14.5 Å². The van der Waals surface area contributed by atoms with E-state index in [1.54, 1.807) is 0 Å². The number of aryl methyl sites for hydroxylation is 1.